The van der Waals surface area contributed by atoms with Crippen molar-refractivity contribution in [2.75, 3.05) is 0 Å². The van der Waals surface area contributed by atoms with Crippen molar-refractivity contribution >= 4 is 39.6 Å². The molecule has 10 heteroatoms. The molecule has 0 spiro atoms. The van der Waals surface area contributed by atoms with Crippen LogP contribution in [-0.4, -0.2) is 41.7 Å². The van der Waals surface area contributed by atoms with E-state index in [-0.39, 0.29) is 17.9 Å². The first-order valence-corrected chi connectivity index (χ1v) is 12.3. The van der Waals surface area contributed by atoms with Gasteiger partial charge >= 0.3 is 0 Å². The quantitative estimate of drug-likeness (QED) is 0.407. The molecule has 1 N–H and O–H groups in total. The van der Waals surface area contributed by atoms with Gasteiger partial charge in [0.05, 0.1) is 11.1 Å². The summed E-state index contributed by atoms with van der Waals surface area (Å²) in [7, 11) is 0. The van der Waals surface area contributed by atoms with Crippen LogP contribution in [0.15, 0.2) is 54.3 Å². The number of hydrogen-bond donors (Lipinski definition) is 1. The third-order valence-corrected chi connectivity index (χ3v) is 7.59. The average molecular weight is 474 g/mol. The summed E-state index contributed by atoms with van der Waals surface area (Å²) in [5, 5.41) is 16.1. The van der Waals surface area contributed by atoms with Gasteiger partial charge in [-0.15, -0.1) is 32.9 Å². The molecule has 164 valence electrons. The fraction of sp³-hybridized carbons (Fsp3) is 0.217. The van der Waals surface area contributed by atoms with E-state index in [9.17, 15) is 4.79 Å². The summed E-state index contributed by atoms with van der Waals surface area (Å²) in [5.74, 6) is 1.78. The van der Waals surface area contributed by atoms with Gasteiger partial charge in [0, 0.05) is 40.8 Å². The number of fused-ring (bicyclic) bond motifs is 1. The lowest BCUT2D eigenvalue weighted by Gasteiger charge is -2.35. The van der Waals surface area contributed by atoms with Crippen molar-refractivity contribution in [3.63, 3.8) is 0 Å². The molecular formula is C23H19N7OS2. The molecule has 8 nitrogen and oxygen atoms in total. The highest BCUT2D eigenvalue weighted by molar-refractivity contribution is 7.14. The van der Waals surface area contributed by atoms with Crippen molar-refractivity contribution in [1.82, 2.24) is 35.0 Å². The van der Waals surface area contributed by atoms with Crippen molar-refractivity contribution in [3.05, 3.63) is 70.6 Å². The molecule has 1 amide bonds. The van der Waals surface area contributed by atoms with Gasteiger partial charge in [0.2, 0.25) is 0 Å². The summed E-state index contributed by atoms with van der Waals surface area (Å²) in [6, 6.07) is 9.68. The Hall–Kier alpha value is -3.50. The van der Waals surface area contributed by atoms with E-state index in [0.29, 0.717) is 16.6 Å². The Balaban J connectivity index is 1.23. The van der Waals surface area contributed by atoms with E-state index in [4.69, 9.17) is 0 Å². The Morgan fingerprint density at radius 2 is 1.97 bits per heavy atom. The molecule has 5 aromatic heterocycles. The second-order valence-electron chi connectivity index (χ2n) is 8.01. The zero-order valence-corrected chi connectivity index (χ0v) is 19.3. The fourth-order valence-corrected chi connectivity index (χ4v) is 5.65. The van der Waals surface area contributed by atoms with E-state index in [1.165, 1.54) is 4.88 Å². The highest BCUT2D eigenvalue weighted by atomic mass is 32.1. The van der Waals surface area contributed by atoms with Crippen LogP contribution in [0.25, 0.3) is 26.9 Å². The van der Waals surface area contributed by atoms with Crippen LogP contribution in [0.4, 0.5) is 0 Å². The molecular weight excluding hydrogens is 454 g/mol. The second kappa shape index (κ2) is 8.13. The summed E-state index contributed by atoms with van der Waals surface area (Å²) in [6.07, 6.45) is 6.73. The molecule has 0 radical (unpaired) electrons. The number of nitrogens with zero attached hydrogens (tertiary/aromatic N) is 6. The van der Waals surface area contributed by atoms with Crippen LogP contribution in [0.5, 0.6) is 0 Å². The minimum atomic E-state index is -0.122. The number of amides is 1. The topological polar surface area (TPSA) is 98.5 Å². The van der Waals surface area contributed by atoms with Crippen molar-refractivity contribution < 1.29 is 4.79 Å². The van der Waals surface area contributed by atoms with Gasteiger partial charge in [-0.3, -0.25) is 19.3 Å². The minimum Gasteiger partial charge on any atom is -0.349 e. The molecule has 5 heterocycles. The molecule has 0 aromatic carbocycles. The summed E-state index contributed by atoms with van der Waals surface area (Å²) < 4.78 is 2.12. The largest absolute Gasteiger partial charge is 0.349 e. The lowest BCUT2D eigenvalue weighted by atomic mass is 9.79. The number of aryl methyl sites for hydroxylation is 1. The van der Waals surface area contributed by atoms with Crippen LogP contribution in [-0.2, 0) is 0 Å². The predicted octanol–water partition coefficient (Wildman–Crippen LogP) is 4.38. The molecule has 0 atom stereocenters. The maximum Gasteiger partial charge on any atom is 0.253 e. The van der Waals surface area contributed by atoms with Crippen molar-refractivity contribution in [1.29, 1.82) is 0 Å². The minimum absolute atomic E-state index is 0.0768. The molecule has 0 aliphatic heterocycles. The van der Waals surface area contributed by atoms with Crippen LogP contribution >= 0.6 is 22.7 Å². The molecule has 1 aliphatic carbocycles. The average Bonchev–Trinajstić information content (AvgIpc) is 3.55. The number of carbonyl (C=O) groups is 1. The molecule has 1 fully saturated rings. The van der Waals surface area contributed by atoms with Gasteiger partial charge in [-0.05, 0) is 50.1 Å². The summed E-state index contributed by atoms with van der Waals surface area (Å²) in [5.41, 5.74) is 1.88. The number of hydrogen-bond acceptors (Lipinski definition) is 8. The number of rotatable bonds is 5. The van der Waals surface area contributed by atoms with Crippen LogP contribution in [0.3, 0.4) is 0 Å². The number of aromatic nitrogens is 6. The summed E-state index contributed by atoms with van der Waals surface area (Å²) in [4.78, 5) is 27.2. The zero-order chi connectivity index (χ0) is 22.4. The molecule has 1 aliphatic rings. The van der Waals surface area contributed by atoms with Crippen LogP contribution in [0.2, 0.25) is 0 Å². The first kappa shape index (κ1) is 20.1. The second-order valence-corrected chi connectivity index (χ2v) is 10.2. The van der Waals surface area contributed by atoms with E-state index >= 15 is 0 Å². The molecule has 0 unspecified atom stereocenters. The van der Waals surface area contributed by atoms with Crippen molar-refractivity contribution in [2.24, 2.45) is 0 Å². The number of carbonyl (C=O) groups excluding carboxylic acids is 1. The Bertz CT molecular complexity index is 1450. The van der Waals surface area contributed by atoms with E-state index < -0.39 is 0 Å². The maximum absolute atomic E-state index is 12.9. The zero-order valence-electron chi connectivity index (χ0n) is 17.7. The first-order chi connectivity index (χ1) is 16.2. The van der Waals surface area contributed by atoms with Gasteiger partial charge < -0.3 is 5.32 Å². The van der Waals surface area contributed by atoms with E-state index in [1.807, 2.05) is 17.5 Å². The van der Waals surface area contributed by atoms with E-state index in [0.717, 1.165) is 34.5 Å². The van der Waals surface area contributed by atoms with Gasteiger partial charge in [-0.25, -0.2) is 4.98 Å². The van der Waals surface area contributed by atoms with Gasteiger partial charge in [0.25, 0.3) is 5.91 Å². The molecule has 1 saturated carbocycles. The van der Waals surface area contributed by atoms with Crippen LogP contribution in [0, 0.1) is 6.92 Å². The maximum atomic E-state index is 12.9. The number of nitrogens with one attached hydrogen (secondary N) is 1. The Morgan fingerprint density at radius 1 is 1.06 bits per heavy atom. The number of thiazole rings is 1. The van der Waals surface area contributed by atoms with Gasteiger partial charge in [0.15, 0.2) is 10.8 Å². The van der Waals surface area contributed by atoms with Gasteiger partial charge in [-0.2, -0.15) is 0 Å². The fourth-order valence-electron chi connectivity index (χ4n) is 4.16. The molecule has 0 saturated heterocycles. The monoisotopic (exact) mass is 473 g/mol. The standard InChI is InChI=1S/C23H19N7OS2/c1-13-4-5-18(33-13)30-20(28-29-21(30)23-26-9-10-32-23)14-11-15(12-14)27-22(31)16-6-8-24-17-3-2-7-25-19(16)17/h2-10,14-15H,11-12H2,1H3,(H,27,31). The highest BCUT2D eigenvalue weighted by Crippen LogP contribution is 2.40. The summed E-state index contributed by atoms with van der Waals surface area (Å²) in [6.45, 7) is 2.09. The lowest BCUT2D eigenvalue weighted by molar-refractivity contribution is 0.0908. The predicted molar refractivity (Wildman–Crippen MR) is 128 cm³/mol. The number of pyridine rings is 2. The summed E-state index contributed by atoms with van der Waals surface area (Å²) >= 11 is 3.26. The molecule has 6 rings (SSSR count). The Kier molecular flexibility index (Phi) is 4.96. The highest BCUT2D eigenvalue weighted by Gasteiger charge is 2.36. The van der Waals surface area contributed by atoms with Gasteiger partial charge in [-0.1, -0.05) is 0 Å². The first-order valence-electron chi connectivity index (χ1n) is 10.6. The van der Waals surface area contributed by atoms with E-state index in [1.54, 1.807) is 47.3 Å². The SMILES string of the molecule is Cc1ccc(-n2c(-c3nccs3)nnc2C2CC(NC(=O)c3ccnc4cccnc34)C2)s1. The third kappa shape index (κ3) is 3.61. The van der Waals surface area contributed by atoms with Gasteiger partial charge in [0.1, 0.15) is 16.3 Å². The molecule has 33 heavy (non-hydrogen) atoms. The van der Waals surface area contributed by atoms with Crippen LogP contribution in [0.1, 0.15) is 39.8 Å². The molecule has 0 bridgehead atoms. The third-order valence-electron chi connectivity index (χ3n) is 5.84. The molecule has 5 aromatic rings. The van der Waals surface area contributed by atoms with Crippen LogP contribution < -0.4 is 5.32 Å². The number of thiophene rings is 1. The Labute approximate surface area is 197 Å². The van der Waals surface area contributed by atoms with E-state index in [2.05, 4.69) is 54.1 Å². The Morgan fingerprint density at radius 3 is 2.76 bits per heavy atom. The normalized spacial score (nSPS) is 17.7. The smallest absolute Gasteiger partial charge is 0.253 e. The van der Waals surface area contributed by atoms with Crippen molar-refractivity contribution in [3.8, 4) is 15.8 Å². The lowest BCUT2D eigenvalue weighted by Crippen LogP contribution is -2.44. The van der Waals surface area contributed by atoms with Crippen molar-refractivity contribution in [2.45, 2.75) is 31.7 Å².